The molecule has 0 saturated heterocycles. The van der Waals surface area contributed by atoms with E-state index in [2.05, 4.69) is 5.32 Å². The Morgan fingerprint density at radius 1 is 0.958 bits per heavy atom. The first-order valence-corrected chi connectivity index (χ1v) is 8.23. The van der Waals surface area contributed by atoms with Gasteiger partial charge >= 0.3 is 0 Å². The number of anilines is 1. The standard InChI is InChI=1S/C17H16Cl3NO3/c1-23-15-5-3-10(7-16(15)24-2)4-6-17(22)21-14-9-12(19)11(18)8-13(14)20/h3,5,7-9H,4,6H2,1-2H3,(H,21,22). The van der Waals surface area contributed by atoms with Crippen LogP contribution >= 0.6 is 34.8 Å². The Bertz CT molecular complexity index is 750. The molecule has 0 heterocycles. The number of amides is 1. The molecule has 0 unspecified atom stereocenters. The number of halogens is 3. The van der Waals surface area contributed by atoms with Crippen LogP contribution in [-0.2, 0) is 11.2 Å². The van der Waals surface area contributed by atoms with Crippen molar-refractivity contribution < 1.29 is 14.3 Å². The van der Waals surface area contributed by atoms with Crippen molar-refractivity contribution in [3.8, 4) is 11.5 Å². The van der Waals surface area contributed by atoms with Gasteiger partial charge in [0.2, 0.25) is 5.91 Å². The number of aryl methyl sites for hydroxylation is 1. The van der Waals surface area contributed by atoms with Gasteiger partial charge in [-0.2, -0.15) is 0 Å². The van der Waals surface area contributed by atoms with Crippen molar-refractivity contribution >= 4 is 46.4 Å². The second-order valence-electron chi connectivity index (χ2n) is 4.98. The molecular weight excluding hydrogens is 373 g/mol. The Morgan fingerprint density at radius 3 is 2.29 bits per heavy atom. The molecule has 4 nitrogen and oxygen atoms in total. The summed E-state index contributed by atoms with van der Waals surface area (Å²) in [7, 11) is 3.15. The molecule has 7 heteroatoms. The van der Waals surface area contributed by atoms with Gasteiger partial charge in [0.25, 0.3) is 0 Å². The predicted octanol–water partition coefficient (Wildman–Crippen LogP) is 5.24. The molecule has 0 atom stereocenters. The zero-order chi connectivity index (χ0) is 17.7. The smallest absolute Gasteiger partial charge is 0.224 e. The van der Waals surface area contributed by atoms with Crippen molar-refractivity contribution in [1.29, 1.82) is 0 Å². The maximum Gasteiger partial charge on any atom is 0.224 e. The first-order valence-electron chi connectivity index (χ1n) is 7.10. The predicted molar refractivity (Wildman–Crippen MR) is 98.0 cm³/mol. The molecule has 0 bridgehead atoms. The molecule has 2 aromatic carbocycles. The highest BCUT2D eigenvalue weighted by molar-refractivity contribution is 6.44. The summed E-state index contributed by atoms with van der Waals surface area (Å²) in [6.45, 7) is 0. The van der Waals surface area contributed by atoms with E-state index in [9.17, 15) is 4.79 Å². The normalized spacial score (nSPS) is 10.4. The Hall–Kier alpha value is -1.62. The fraction of sp³-hybridized carbons (Fsp3) is 0.235. The minimum absolute atomic E-state index is 0.176. The molecular formula is C17H16Cl3NO3. The molecule has 0 radical (unpaired) electrons. The molecule has 0 saturated carbocycles. The number of carbonyl (C=O) groups excluding carboxylic acids is 1. The number of nitrogens with one attached hydrogen (secondary N) is 1. The number of hydrogen-bond donors (Lipinski definition) is 1. The molecule has 1 amide bonds. The molecule has 2 aromatic rings. The molecule has 0 fully saturated rings. The highest BCUT2D eigenvalue weighted by atomic mass is 35.5. The summed E-state index contributed by atoms with van der Waals surface area (Å²) in [4.78, 5) is 12.1. The van der Waals surface area contributed by atoms with Crippen LogP contribution in [0.3, 0.4) is 0 Å². The molecule has 128 valence electrons. The quantitative estimate of drug-likeness (QED) is 0.689. The third-order valence-electron chi connectivity index (χ3n) is 3.37. The first-order chi connectivity index (χ1) is 11.4. The summed E-state index contributed by atoms with van der Waals surface area (Å²) in [6.07, 6.45) is 0.831. The van der Waals surface area contributed by atoms with Gasteiger partial charge in [-0.05, 0) is 36.2 Å². The largest absolute Gasteiger partial charge is 0.493 e. The van der Waals surface area contributed by atoms with Crippen LogP contribution < -0.4 is 14.8 Å². The SMILES string of the molecule is COc1ccc(CCC(=O)Nc2cc(Cl)c(Cl)cc2Cl)cc1OC. The van der Waals surface area contributed by atoms with Gasteiger partial charge in [0, 0.05) is 6.42 Å². The summed E-state index contributed by atoms with van der Waals surface area (Å²) >= 11 is 17.8. The number of methoxy groups -OCH3 is 2. The Morgan fingerprint density at radius 2 is 1.62 bits per heavy atom. The highest BCUT2D eigenvalue weighted by Gasteiger charge is 2.11. The number of carbonyl (C=O) groups is 1. The van der Waals surface area contributed by atoms with Gasteiger partial charge < -0.3 is 14.8 Å². The van der Waals surface area contributed by atoms with Gasteiger partial charge in [0.05, 0.1) is 35.0 Å². The van der Waals surface area contributed by atoms with Crippen LogP contribution in [0.1, 0.15) is 12.0 Å². The monoisotopic (exact) mass is 387 g/mol. The molecule has 2 rings (SSSR count). The average Bonchev–Trinajstić information content (AvgIpc) is 2.57. The zero-order valence-corrected chi connectivity index (χ0v) is 15.4. The van der Waals surface area contributed by atoms with Crippen LogP contribution in [-0.4, -0.2) is 20.1 Å². The molecule has 1 N–H and O–H groups in total. The van der Waals surface area contributed by atoms with E-state index >= 15 is 0 Å². The van der Waals surface area contributed by atoms with Crippen molar-refractivity contribution in [1.82, 2.24) is 0 Å². The van der Waals surface area contributed by atoms with E-state index in [0.717, 1.165) is 5.56 Å². The lowest BCUT2D eigenvalue weighted by Gasteiger charge is -2.11. The lowest BCUT2D eigenvalue weighted by atomic mass is 10.1. The topological polar surface area (TPSA) is 47.6 Å². The van der Waals surface area contributed by atoms with Crippen molar-refractivity contribution in [2.45, 2.75) is 12.8 Å². The fourth-order valence-corrected chi connectivity index (χ4v) is 2.72. The summed E-state index contributed by atoms with van der Waals surface area (Å²) < 4.78 is 10.4. The average molecular weight is 389 g/mol. The maximum absolute atomic E-state index is 12.1. The third-order valence-corrected chi connectivity index (χ3v) is 4.41. The van der Waals surface area contributed by atoms with Crippen molar-refractivity contribution in [2.75, 3.05) is 19.5 Å². The van der Waals surface area contributed by atoms with Gasteiger partial charge in [0.1, 0.15) is 0 Å². The van der Waals surface area contributed by atoms with Crippen molar-refractivity contribution in [3.63, 3.8) is 0 Å². The number of rotatable bonds is 6. The Balaban J connectivity index is 2.00. The third kappa shape index (κ3) is 4.69. The van der Waals surface area contributed by atoms with Gasteiger partial charge in [-0.15, -0.1) is 0 Å². The van der Waals surface area contributed by atoms with Crippen LogP contribution in [0.5, 0.6) is 11.5 Å². The van der Waals surface area contributed by atoms with Crippen LogP contribution in [0, 0.1) is 0 Å². The van der Waals surface area contributed by atoms with Crippen LogP contribution in [0.4, 0.5) is 5.69 Å². The molecule has 0 spiro atoms. The van der Waals surface area contributed by atoms with Gasteiger partial charge in [0.15, 0.2) is 11.5 Å². The minimum atomic E-state index is -0.176. The maximum atomic E-state index is 12.1. The van der Waals surface area contributed by atoms with Crippen LogP contribution in [0.2, 0.25) is 15.1 Å². The Labute approximate surface area is 155 Å². The molecule has 24 heavy (non-hydrogen) atoms. The lowest BCUT2D eigenvalue weighted by molar-refractivity contribution is -0.116. The zero-order valence-electron chi connectivity index (χ0n) is 13.2. The van der Waals surface area contributed by atoms with E-state index < -0.39 is 0 Å². The minimum Gasteiger partial charge on any atom is -0.493 e. The molecule has 0 aliphatic carbocycles. The van der Waals surface area contributed by atoms with Gasteiger partial charge in [-0.3, -0.25) is 4.79 Å². The number of ether oxygens (including phenoxy) is 2. The van der Waals surface area contributed by atoms with Gasteiger partial charge in [-0.25, -0.2) is 0 Å². The van der Waals surface area contributed by atoms with E-state index in [1.165, 1.54) is 12.1 Å². The van der Waals surface area contributed by atoms with E-state index in [0.29, 0.717) is 38.7 Å². The number of benzene rings is 2. The van der Waals surface area contributed by atoms with E-state index in [1.807, 2.05) is 18.2 Å². The highest BCUT2D eigenvalue weighted by Crippen LogP contribution is 2.32. The fourth-order valence-electron chi connectivity index (χ4n) is 2.13. The van der Waals surface area contributed by atoms with Crippen molar-refractivity contribution in [2.24, 2.45) is 0 Å². The van der Waals surface area contributed by atoms with Crippen LogP contribution in [0.15, 0.2) is 30.3 Å². The molecule has 0 aromatic heterocycles. The van der Waals surface area contributed by atoms with E-state index in [4.69, 9.17) is 44.3 Å². The lowest BCUT2D eigenvalue weighted by Crippen LogP contribution is -2.12. The van der Waals surface area contributed by atoms with Gasteiger partial charge in [-0.1, -0.05) is 40.9 Å². The summed E-state index contributed by atoms with van der Waals surface area (Å²) in [5, 5.41) is 3.73. The second kappa shape index (κ2) is 8.47. The number of hydrogen-bond acceptors (Lipinski definition) is 3. The molecule has 0 aliphatic rings. The summed E-state index contributed by atoms with van der Waals surface area (Å²) in [5.74, 6) is 1.10. The second-order valence-corrected chi connectivity index (χ2v) is 6.21. The van der Waals surface area contributed by atoms with E-state index in [-0.39, 0.29) is 12.3 Å². The first kappa shape index (κ1) is 18.7. The van der Waals surface area contributed by atoms with Crippen molar-refractivity contribution in [3.05, 3.63) is 51.0 Å². The summed E-state index contributed by atoms with van der Waals surface area (Å²) in [6, 6.07) is 8.57. The Kier molecular flexibility index (Phi) is 6.60. The van der Waals surface area contributed by atoms with Crippen LogP contribution in [0.25, 0.3) is 0 Å². The molecule has 0 aliphatic heterocycles. The summed E-state index contributed by atoms with van der Waals surface area (Å²) in [5.41, 5.74) is 1.39. The van der Waals surface area contributed by atoms with E-state index in [1.54, 1.807) is 14.2 Å².